The van der Waals surface area contributed by atoms with E-state index in [2.05, 4.69) is 27.3 Å². The van der Waals surface area contributed by atoms with Crippen LogP contribution in [0.15, 0.2) is 12.4 Å². The van der Waals surface area contributed by atoms with Gasteiger partial charge in [-0.1, -0.05) is 0 Å². The normalized spacial score (nSPS) is 23.8. The lowest BCUT2D eigenvalue weighted by atomic mass is 10.2. The molecule has 24 heavy (non-hydrogen) atoms. The number of rotatable bonds is 4. The van der Waals surface area contributed by atoms with E-state index in [9.17, 15) is 4.79 Å². The predicted octanol–water partition coefficient (Wildman–Crippen LogP) is 0.500. The summed E-state index contributed by atoms with van der Waals surface area (Å²) in [5.74, 6) is 0.959. The van der Waals surface area contributed by atoms with Crippen molar-refractivity contribution in [2.45, 2.75) is 45.0 Å². The summed E-state index contributed by atoms with van der Waals surface area (Å²) in [4.78, 5) is 22.4. The van der Waals surface area contributed by atoms with Crippen molar-refractivity contribution in [3.05, 3.63) is 29.6 Å². The Bertz CT molecular complexity index is 728. The monoisotopic (exact) mass is 330 g/mol. The molecule has 4 heterocycles. The molecule has 2 unspecified atom stereocenters. The number of carbonyl (C=O) groups is 1. The zero-order valence-corrected chi connectivity index (χ0v) is 14.0. The molecule has 0 aromatic carbocycles. The van der Waals surface area contributed by atoms with E-state index in [1.165, 1.54) is 0 Å². The lowest BCUT2D eigenvalue weighted by Gasteiger charge is -2.19. The van der Waals surface area contributed by atoms with Crippen LogP contribution in [-0.4, -0.2) is 44.3 Å². The molecule has 2 atom stereocenters. The Morgan fingerprint density at radius 2 is 2.38 bits per heavy atom. The van der Waals surface area contributed by atoms with Crippen LogP contribution in [0.2, 0.25) is 0 Å². The van der Waals surface area contributed by atoms with Gasteiger partial charge in [0.15, 0.2) is 0 Å². The molecule has 0 spiro atoms. The number of aromatic amines is 1. The number of anilines is 1. The molecule has 2 aliphatic heterocycles. The molecule has 1 saturated heterocycles. The van der Waals surface area contributed by atoms with Crippen LogP contribution in [0.25, 0.3) is 0 Å². The first-order valence-corrected chi connectivity index (χ1v) is 8.31. The second-order valence-electron chi connectivity index (χ2n) is 6.51. The highest BCUT2D eigenvalue weighted by molar-refractivity contribution is 5.99. The summed E-state index contributed by atoms with van der Waals surface area (Å²) in [5.41, 5.74) is 2.99. The molecule has 0 bridgehead atoms. The highest BCUT2D eigenvalue weighted by Gasteiger charge is 2.38. The van der Waals surface area contributed by atoms with Crippen molar-refractivity contribution in [1.82, 2.24) is 25.1 Å². The van der Waals surface area contributed by atoms with Crippen molar-refractivity contribution in [3.8, 4) is 0 Å². The molecule has 8 heteroatoms. The Hall–Kier alpha value is -2.19. The minimum absolute atomic E-state index is 0.0927. The number of H-pyrrole nitrogens is 1. The van der Waals surface area contributed by atoms with Crippen LogP contribution in [0, 0.1) is 0 Å². The molecule has 0 aliphatic carbocycles. The van der Waals surface area contributed by atoms with Gasteiger partial charge in [-0.3, -0.25) is 14.8 Å². The predicted molar refractivity (Wildman–Crippen MR) is 87.3 cm³/mol. The van der Waals surface area contributed by atoms with Crippen LogP contribution in [0.4, 0.5) is 5.69 Å². The van der Waals surface area contributed by atoms with Crippen molar-refractivity contribution in [2.24, 2.45) is 7.05 Å². The van der Waals surface area contributed by atoms with E-state index in [1.54, 1.807) is 10.9 Å². The van der Waals surface area contributed by atoms with Gasteiger partial charge in [-0.25, -0.2) is 4.98 Å². The average molecular weight is 330 g/mol. The van der Waals surface area contributed by atoms with Crippen LogP contribution in [-0.2, 0) is 36.2 Å². The topological polar surface area (TPSA) is 88.1 Å². The Morgan fingerprint density at radius 1 is 1.50 bits per heavy atom. The lowest BCUT2D eigenvalue weighted by molar-refractivity contribution is -0.118. The van der Waals surface area contributed by atoms with Gasteiger partial charge in [0, 0.05) is 25.7 Å². The van der Waals surface area contributed by atoms with Gasteiger partial charge in [-0.2, -0.15) is 5.10 Å². The number of aryl methyl sites for hydroxylation is 1. The second kappa shape index (κ2) is 6.03. The number of amides is 1. The molecule has 2 N–H and O–H groups in total. The highest BCUT2D eigenvalue weighted by Crippen LogP contribution is 2.26. The second-order valence-corrected chi connectivity index (χ2v) is 6.51. The maximum Gasteiger partial charge on any atom is 0.244 e. The molecular weight excluding hydrogens is 308 g/mol. The van der Waals surface area contributed by atoms with Crippen molar-refractivity contribution in [2.75, 3.05) is 11.5 Å². The van der Waals surface area contributed by atoms with E-state index < -0.39 is 0 Å². The Kier molecular flexibility index (Phi) is 3.85. The number of ether oxygens (including phenoxy) is 1. The van der Waals surface area contributed by atoms with E-state index in [-0.39, 0.29) is 18.0 Å². The smallest absolute Gasteiger partial charge is 0.244 e. The van der Waals surface area contributed by atoms with Crippen LogP contribution in [0.5, 0.6) is 0 Å². The van der Waals surface area contributed by atoms with Gasteiger partial charge in [0.1, 0.15) is 5.82 Å². The van der Waals surface area contributed by atoms with Gasteiger partial charge in [0.05, 0.1) is 49.1 Å². The minimum Gasteiger partial charge on any atom is -0.375 e. The van der Waals surface area contributed by atoms with E-state index in [0.29, 0.717) is 13.2 Å². The molecule has 2 aliphatic rings. The van der Waals surface area contributed by atoms with Gasteiger partial charge in [0.2, 0.25) is 5.91 Å². The first kappa shape index (κ1) is 15.3. The number of carbonyl (C=O) groups excluding carboxylic acids is 1. The number of hydrogen-bond donors (Lipinski definition) is 2. The van der Waals surface area contributed by atoms with Gasteiger partial charge < -0.3 is 14.6 Å². The average Bonchev–Trinajstić information content (AvgIpc) is 3.23. The summed E-state index contributed by atoms with van der Waals surface area (Å²) in [6, 6.07) is -0.0454. The Balaban J connectivity index is 1.42. The molecule has 2 aromatic rings. The van der Waals surface area contributed by atoms with Gasteiger partial charge in [-0.15, -0.1) is 0 Å². The first-order chi connectivity index (χ1) is 11.6. The van der Waals surface area contributed by atoms with Crippen molar-refractivity contribution in [1.29, 1.82) is 0 Å². The fraction of sp³-hybridized carbons (Fsp3) is 0.562. The van der Waals surface area contributed by atoms with Crippen LogP contribution in [0.3, 0.4) is 0 Å². The van der Waals surface area contributed by atoms with Gasteiger partial charge in [0.25, 0.3) is 0 Å². The van der Waals surface area contributed by atoms with E-state index in [4.69, 9.17) is 4.74 Å². The summed E-state index contributed by atoms with van der Waals surface area (Å²) < 4.78 is 7.14. The van der Waals surface area contributed by atoms with Gasteiger partial charge >= 0.3 is 0 Å². The zero-order valence-electron chi connectivity index (χ0n) is 14.0. The third kappa shape index (κ3) is 2.71. The molecule has 8 nitrogen and oxygen atoms in total. The summed E-state index contributed by atoms with van der Waals surface area (Å²) in [6.07, 6.45) is 5.23. The van der Waals surface area contributed by atoms with Crippen LogP contribution >= 0.6 is 0 Å². The number of imidazole rings is 1. The minimum atomic E-state index is -0.196. The molecule has 2 aromatic heterocycles. The molecule has 128 valence electrons. The Morgan fingerprint density at radius 3 is 3.12 bits per heavy atom. The lowest BCUT2D eigenvalue weighted by Crippen LogP contribution is -2.38. The first-order valence-electron chi connectivity index (χ1n) is 8.31. The molecule has 0 radical (unpaired) electrons. The maximum absolute atomic E-state index is 12.7. The molecule has 0 saturated carbocycles. The fourth-order valence-electron chi connectivity index (χ4n) is 3.50. The van der Waals surface area contributed by atoms with Crippen LogP contribution in [0.1, 0.15) is 30.6 Å². The molecule has 1 amide bonds. The van der Waals surface area contributed by atoms with E-state index in [0.717, 1.165) is 42.3 Å². The molecular formula is C16H22N6O2. The summed E-state index contributed by atoms with van der Waals surface area (Å²) in [7, 11) is 1.85. The summed E-state index contributed by atoms with van der Waals surface area (Å²) >= 11 is 0. The van der Waals surface area contributed by atoms with Gasteiger partial charge in [-0.05, 0) is 13.3 Å². The Labute approximate surface area is 140 Å². The fourth-order valence-corrected chi connectivity index (χ4v) is 3.50. The third-order valence-corrected chi connectivity index (χ3v) is 4.68. The number of nitrogens with zero attached hydrogens (tertiary/aromatic N) is 4. The largest absolute Gasteiger partial charge is 0.375 e. The molecule has 4 rings (SSSR count). The van der Waals surface area contributed by atoms with E-state index >= 15 is 0 Å². The highest BCUT2D eigenvalue weighted by atomic mass is 16.5. The number of hydrogen-bond acceptors (Lipinski definition) is 5. The number of aromatic nitrogens is 4. The number of nitrogens with one attached hydrogen (secondary N) is 2. The third-order valence-electron chi connectivity index (χ3n) is 4.68. The zero-order chi connectivity index (χ0) is 16.7. The number of fused-ring (bicyclic) bond motifs is 1. The summed E-state index contributed by atoms with van der Waals surface area (Å²) in [5, 5.41) is 7.50. The SMILES string of the molecule is CC1CC(NCc2nc3c([nH]2)COCC3)C(=O)N1c1cnn(C)c1. The standard InChI is InChI=1S/C16H22N6O2/c1-10-5-13(16(23)22(10)11-6-18-21(2)8-11)17-7-15-19-12-3-4-24-9-14(12)20-15/h6,8,10,13,17H,3-5,7,9H2,1-2H3,(H,19,20). The van der Waals surface area contributed by atoms with Crippen LogP contribution < -0.4 is 10.2 Å². The van der Waals surface area contributed by atoms with Crippen molar-refractivity contribution >= 4 is 11.6 Å². The summed E-state index contributed by atoms with van der Waals surface area (Å²) in [6.45, 7) is 3.94. The quantitative estimate of drug-likeness (QED) is 0.852. The molecule has 1 fully saturated rings. The maximum atomic E-state index is 12.7. The van der Waals surface area contributed by atoms with Crippen molar-refractivity contribution in [3.63, 3.8) is 0 Å². The van der Waals surface area contributed by atoms with Crippen molar-refractivity contribution < 1.29 is 9.53 Å². The van der Waals surface area contributed by atoms with E-state index in [1.807, 2.05) is 18.1 Å².